The van der Waals surface area contributed by atoms with Gasteiger partial charge in [-0.3, -0.25) is 4.90 Å². The molecule has 0 amide bonds. The fraction of sp³-hybridized carbons (Fsp3) is 0.538. The van der Waals surface area contributed by atoms with Gasteiger partial charge >= 0.3 is 0 Å². The minimum atomic E-state index is -0.202. The van der Waals surface area contributed by atoms with Crippen LogP contribution in [0.4, 0.5) is 4.39 Å². The molecule has 1 aromatic rings. The van der Waals surface area contributed by atoms with Crippen molar-refractivity contribution in [3.63, 3.8) is 0 Å². The van der Waals surface area contributed by atoms with Gasteiger partial charge in [0.2, 0.25) is 0 Å². The molecule has 0 bridgehead atoms. The number of benzene rings is 1. The van der Waals surface area contributed by atoms with E-state index in [9.17, 15) is 4.39 Å². The minimum absolute atomic E-state index is 0.0767. The second kappa shape index (κ2) is 6.99. The van der Waals surface area contributed by atoms with E-state index in [1.807, 2.05) is 24.9 Å². The molecule has 2 atom stereocenters. The number of nitrogens with zero attached hydrogens (tertiary/aromatic N) is 1. The molecule has 2 unspecified atom stereocenters. The van der Waals surface area contributed by atoms with Gasteiger partial charge in [-0.2, -0.15) is 11.8 Å². The highest BCUT2D eigenvalue weighted by molar-refractivity contribution is 7.98. The number of halogens is 1. The molecule has 0 aliphatic carbocycles. The van der Waals surface area contributed by atoms with Crippen molar-refractivity contribution < 1.29 is 4.39 Å². The van der Waals surface area contributed by atoms with Crippen molar-refractivity contribution in [1.29, 1.82) is 0 Å². The Morgan fingerprint density at radius 2 is 2.18 bits per heavy atom. The van der Waals surface area contributed by atoms with Gasteiger partial charge in [0.1, 0.15) is 5.82 Å². The summed E-state index contributed by atoms with van der Waals surface area (Å²) in [5, 5.41) is 0. The van der Waals surface area contributed by atoms with Crippen molar-refractivity contribution >= 4 is 11.8 Å². The van der Waals surface area contributed by atoms with Crippen molar-refractivity contribution in [3.8, 4) is 0 Å². The van der Waals surface area contributed by atoms with E-state index < -0.39 is 0 Å². The van der Waals surface area contributed by atoms with Crippen LogP contribution >= 0.6 is 11.8 Å². The van der Waals surface area contributed by atoms with Crippen molar-refractivity contribution in [2.75, 3.05) is 25.6 Å². The Kier molecular flexibility index (Phi) is 5.95. The van der Waals surface area contributed by atoms with E-state index in [1.54, 1.807) is 12.1 Å². The molecule has 0 aromatic heterocycles. The Morgan fingerprint density at radius 3 is 2.71 bits per heavy atom. The Hall–Kier alpha value is -0.580. The van der Waals surface area contributed by atoms with Crippen LogP contribution < -0.4 is 5.73 Å². The van der Waals surface area contributed by atoms with Gasteiger partial charge in [0.15, 0.2) is 0 Å². The van der Waals surface area contributed by atoms with Crippen LogP contribution in [0.5, 0.6) is 0 Å². The molecule has 0 heterocycles. The first kappa shape index (κ1) is 14.5. The SMILES string of the molecule is CSCC(C)N(C)C(CN)c1cccc(F)c1. The number of hydrogen-bond donors (Lipinski definition) is 1. The lowest BCUT2D eigenvalue weighted by atomic mass is 10.0. The highest BCUT2D eigenvalue weighted by Crippen LogP contribution is 2.22. The Balaban J connectivity index is 2.83. The molecule has 0 saturated heterocycles. The van der Waals surface area contributed by atoms with Crippen LogP contribution in [-0.4, -0.2) is 36.5 Å². The summed E-state index contributed by atoms with van der Waals surface area (Å²) in [6.07, 6.45) is 2.09. The second-order valence-corrected chi connectivity index (χ2v) is 5.19. The van der Waals surface area contributed by atoms with Gasteiger partial charge in [0.05, 0.1) is 0 Å². The maximum Gasteiger partial charge on any atom is 0.123 e. The standard InChI is InChI=1S/C13H21FN2S/c1-10(9-17-3)16(2)13(8-15)11-5-4-6-12(14)7-11/h4-7,10,13H,8-9,15H2,1-3H3. The molecule has 96 valence electrons. The molecule has 0 aliphatic heterocycles. The molecule has 0 spiro atoms. The number of thioether (sulfide) groups is 1. The van der Waals surface area contributed by atoms with E-state index in [0.29, 0.717) is 12.6 Å². The molecule has 4 heteroatoms. The molecule has 0 saturated carbocycles. The average molecular weight is 256 g/mol. The summed E-state index contributed by atoms with van der Waals surface area (Å²) < 4.78 is 13.2. The largest absolute Gasteiger partial charge is 0.329 e. The Morgan fingerprint density at radius 1 is 1.47 bits per heavy atom. The second-order valence-electron chi connectivity index (χ2n) is 4.28. The van der Waals surface area contributed by atoms with E-state index >= 15 is 0 Å². The monoisotopic (exact) mass is 256 g/mol. The maximum atomic E-state index is 13.2. The summed E-state index contributed by atoms with van der Waals surface area (Å²) in [6, 6.07) is 7.20. The molecule has 17 heavy (non-hydrogen) atoms. The number of hydrogen-bond acceptors (Lipinski definition) is 3. The molecule has 0 fully saturated rings. The third-order valence-electron chi connectivity index (χ3n) is 3.05. The van der Waals surface area contributed by atoms with Crippen LogP contribution in [0.2, 0.25) is 0 Å². The van der Waals surface area contributed by atoms with E-state index in [0.717, 1.165) is 11.3 Å². The van der Waals surface area contributed by atoms with Gasteiger partial charge in [0, 0.05) is 24.4 Å². The molecule has 1 rings (SSSR count). The summed E-state index contributed by atoms with van der Waals surface area (Å²) >= 11 is 1.81. The predicted octanol–water partition coefficient (Wildman–Crippen LogP) is 2.51. The highest BCUT2D eigenvalue weighted by Gasteiger charge is 2.20. The van der Waals surface area contributed by atoms with Crippen LogP contribution in [0.3, 0.4) is 0 Å². The third kappa shape index (κ3) is 3.98. The number of rotatable bonds is 6. The van der Waals surface area contributed by atoms with Gasteiger partial charge in [-0.05, 0) is 37.9 Å². The zero-order valence-corrected chi connectivity index (χ0v) is 11.5. The minimum Gasteiger partial charge on any atom is -0.329 e. The van der Waals surface area contributed by atoms with Gasteiger partial charge in [-0.1, -0.05) is 12.1 Å². The topological polar surface area (TPSA) is 29.3 Å². The first-order valence-electron chi connectivity index (χ1n) is 5.76. The van der Waals surface area contributed by atoms with Crippen LogP contribution in [0, 0.1) is 5.82 Å². The normalized spacial score (nSPS) is 14.9. The Bertz CT molecular complexity index is 346. The lowest BCUT2D eigenvalue weighted by molar-refractivity contribution is 0.204. The number of nitrogens with two attached hydrogens (primary N) is 1. The molecule has 1 aromatic carbocycles. The summed E-state index contributed by atoms with van der Waals surface area (Å²) in [5.41, 5.74) is 6.77. The molecule has 0 radical (unpaired) electrons. The zero-order chi connectivity index (χ0) is 12.8. The van der Waals surface area contributed by atoms with Gasteiger partial charge in [-0.15, -0.1) is 0 Å². The predicted molar refractivity (Wildman–Crippen MR) is 73.8 cm³/mol. The van der Waals surface area contributed by atoms with E-state index in [2.05, 4.69) is 18.1 Å². The summed E-state index contributed by atoms with van der Waals surface area (Å²) in [5.74, 6) is 0.842. The quantitative estimate of drug-likeness (QED) is 0.848. The molecular formula is C13H21FN2S. The van der Waals surface area contributed by atoms with E-state index in [1.165, 1.54) is 6.07 Å². The summed E-state index contributed by atoms with van der Waals surface area (Å²) in [4.78, 5) is 2.21. The Labute approximate surface area is 107 Å². The third-order valence-corrected chi connectivity index (χ3v) is 3.87. The fourth-order valence-electron chi connectivity index (χ4n) is 1.92. The van der Waals surface area contributed by atoms with Crippen molar-refractivity contribution in [3.05, 3.63) is 35.6 Å². The van der Waals surface area contributed by atoms with E-state index in [4.69, 9.17) is 5.73 Å². The molecule has 0 aliphatic rings. The first-order chi connectivity index (χ1) is 8.10. The van der Waals surface area contributed by atoms with Gasteiger partial charge in [0.25, 0.3) is 0 Å². The van der Waals surface area contributed by atoms with Crippen LogP contribution in [0.1, 0.15) is 18.5 Å². The lowest BCUT2D eigenvalue weighted by Crippen LogP contribution is -2.38. The summed E-state index contributed by atoms with van der Waals surface area (Å²) in [6.45, 7) is 2.66. The average Bonchev–Trinajstić information content (AvgIpc) is 2.30. The number of likely N-dealkylation sites (N-methyl/N-ethyl adjacent to an activating group) is 1. The highest BCUT2D eigenvalue weighted by atomic mass is 32.2. The first-order valence-corrected chi connectivity index (χ1v) is 7.16. The van der Waals surface area contributed by atoms with Gasteiger partial charge < -0.3 is 5.73 Å². The van der Waals surface area contributed by atoms with Crippen LogP contribution in [-0.2, 0) is 0 Å². The van der Waals surface area contributed by atoms with Crippen molar-refractivity contribution in [2.45, 2.75) is 19.0 Å². The maximum absolute atomic E-state index is 13.2. The van der Waals surface area contributed by atoms with E-state index in [-0.39, 0.29) is 11.9 Å². The molecular weight excluding hydrogens is 235 g/mol. The summed E-state index contributed by atoms with van der Waals surface area (Å²) in [7, 11) is 2.04. The van der Waals surface area contributed by atoms with Crippen LogP contribution in [0.25, 0.3) is 0 Å². The van der Waals surface area contributed by atoms with Gasteiger partial charge in [-0.25, -0.2) is 4.39 Å². The van der Waals surface area contributed by atoms with Crippen LogP contribution in [0.15, 0.2) is 24.3 Å². The van der Waals surface area contributed by atoms with Crippen molar-refractivity contribution in [1.82, 2.24) is 4.90 Å². The lowest BCUT2D eigenvalue weighted by Gasteiger charge is -2.32. The zero-order valence-electron chi connectivity index (χ0n) is 10.7. The van der Waals surface area contributed by atoms with Crippen molar-refractivity contribution in [2.24, 2.45) is 5.73 Å². The molecule has 2 nitrogen and oxygen atoms in total. The molecule has 2 N–H and O–H groups in total. The fourth-order valence-corrected chi connectivity index (χ4v) is 2.63. The smallest absolute Gasteiger partial charge is 0.123 e.